The molecule has 1 N–H and O–H groups in total. The summed E-state index contributed by atoms with van der Waals surface area (Å²) < 4.78 is 10.9. The fraction of sp³-hybridized carbons (Fsp3) is 0.346. The van der Waals surface area contributed by atoms with Gasteiger partial charge in [-0.15, -0.1) is 10.2 Å². The van der Waals surface area contributed by atoms with Crippen molar-refractivity contribution in [1.82, 2.24) is 15.5 Å². The molecular weight excluding hydrogens is 416 g/mol. The molecule has 3 aromatic rings. The number of piperidine rings is 1. The number of nitrogens with one attached hydrogen (secondary N) is 1. The van der Waals surface area contributed by atoms with Crippen molar-refractivity contribution >= 4 is 11.7 Å². The molecule has 33 heavy (non-hydrogen) atoms. The average Bonchev–Trinajstić information content (AvgIpc) is 2.88. The van der Waals surface area contributed by atoms with Crippen LogP contribution in [0.1, 0.15) is 18.4 Å². The van der Waals surface area contributed by atoms with E-state index in [4.69, 9.17) is 9.47 Å². The Labute approximate surface area is 194 Å². The van der Waals surface area contributed by atoms with Crippen molar-refractivity contribution in [3.8, 4) is 22.8 Å². The monoisotopic (exact) mass is 446 g/mol. The van der Waals surface area contributed by atoms with E-state index < -0.39 is 0 Å². The van der Waals surface area contributed by atoms with Crippen molar-refractivity contribution in [2.45, 2.75) is 19.8 Å². The molecule has 7 nitrogen and oxygen atoms in total. The Bertz CT molecular complexity index is 1040. The quantitative estimate of drug-likeness (QED) is 0.530. The third-order valence-corrected chi connectivity index (χ3v) is 5.84. The maximum atomic E-state index is 12.7. The van der Waals surface area contributed by atoms with Gasteiger partial charge in [-0.1, -0.05) is 17.7 Å². The number of amides is 1. The zero-order chi connectivity index (χ0) is 23.0. The second-order valence-corrected chi connectivity index (χ2v) is 8.24. The van der Waals surface area contributed by atoms with Gasteiger partial charge in [-0.3, -0.25) is 4.79 Å². The minimum atomic E-state index is -0.0683. The number of carbonyl (C=O) groups excluding carboxylic acids is 1. The van der Waals surface area contributed by atoms with E-state index in [2.05, 4.69) is 20.4 Å². The molecule has 1 unspecified atom stereocenters. The highest BCUT2D eigenvalue weighted by molar-refractivity contribution is 5.79. The van der Waals surface area contributed by atoms with Crippen molar-refractivity contribution < 1.29 is 14.3 Å². The highest BCUT2D eigenvalue weighted by Gasteiger charge is 2.26. The van der Waals surface area contributed by atoms with Gasteiger partial charge in [0.25, 0.3) is 0 Å². The molecule has 2 aromatic carbocycles. The average molecular weight is 447 g/mol. The maximum Gasteiger partial charge on any atom is 0.225 e. The SMILES string of the molecule is COc1ccc(-c2ccc(N3CCCC(C(=O)NCCOc4ccc(C)cc4)C3)nn2)cc1. The summed E-state index contributed by atoms with van der Waals surface area (Å²) in [4.78, 5) is 14.8. The van der Waals surface area contributed by atoms with Crippen molar-refractivity contribution in [3.05, 3.63) is 66.2 Å². The molecule has 0 spiro atoms. The summed E-state index contributed by atoms with van der Waals surface area (Å²) in [7, 11) is 1.65. The van der Waals surface area contributed by atoms with Gasteiger partial charge in [0.2, 0.25) is 5.91 Å². The summed E-state index contributed by atoms with van der Waals surface area (Å²) >= 11 is 0. The van der Waals surface area contributed by atoms with Crippen LogP contribution in [-0.2, 0) is 4.79 Å². The number of rotatable bonds is 8. The Balaban J connectivity index is 1.27. The summed E-state index contributed by atoms with van der Waals surface area (Å²) in [5, 5.41) is 11.8. The van der Waals surface area contributed by atoms with E-state index in [-0.39, 0.29) is 11.8 Å². The van der Waals surface area contributed by atoms with Gasteiger partial charge in [0.15, 0.2) is 5.82 Å². The molecule has 2 heterocycles. The molecule has 7 heteroatoms. The fourth-order valence-electron chi connectivity index (χ4n) is 3.93. The van der Waals surface area contributed by atoms with Crippen LogP contribution in [0.25, 0.3) is 11.3 Å². The van der Waals surface area contributed by atoms with Crippen LogP contribution in [0.2, 0.25) is 0 Å². The molecule has 0 bridgehead atoms. The summed E-state index contributed by atoms with van der Waals surface area (Å²) in [6.45, 7) is 4.49. The lowest BCUT2D eigenvalue weighted by Gasteiger charge is -2.32. The molecule has 1 aromatic heterocycles. The Morgan fingerprint density at radius 1 is 1.03 bits per heavy atom. The van der Waals surface area contributed by atoms with E-state index in [1.807, 2.05) is 67.6 Å². The number of ether oxygens (including phenoxy) is 2. The van der Waals surface area contributed by atoms with Gasteiger partial charge in [0, 0.05) is 18.7 Å². The maximum absolute atomic E-state index is 12.7. The standard InChI is InChI=1S/C26H30N4O3/c1-19-5-9-23(10-6-19)33-17-15-27-26(31)21-4-3-16-30(18-21)25-14-13-24(28-29-25)20-7-11-22(32-2)12-8-20/h5-14,21H,3-4,15-18H2,1-2H3,(H,27,31). The molecule has 1 saturated heterocycles. The van der Waals surface area contributed by atoms with E-state index in [0.717, 1.165) is 48.0 Å². The van der Waals surface area contributed by atoms with Crippen LogP contribution in [0.5, 0.6) is 11.5 Å². The zero-order valence-electron chi connectivity index (χ0n) is 19.2. The Kier molecular flexibility index (Phi) is 7.40. The van der Waals surface area contributed by atoms with Gasteiger partial charge < -0.3 is 19.7 Å². The first-order valence-corrected chi connectivity index (χ1v) is 11.3. The van der Waals surface area contributed by atoms with Crippen LogP contribution in [-0.4, -0.2) is 49.5 Å². The van der Waals surface area contributed by atoms with Crippen LogP contribution in [0.3, 0.4) is 0 Å². The number of anilines is 1. The van der Waals surface area contributed by atoms with Crippen molar-refractivity contribution in [1.29, 1.82) is 0 Å². The number of carbonyl (C=O) groups is 1. The van der Waals surface area contributed by atoms with E-state index in [9.17, 15) is 4.79 Å². The molecule has 0 radical (unpaired) electrons. The van der Waals surface area contributed by atoms with Crippen LogP contribution >= 0.6 is 0 Å². The van der Waals surface area contributed by atoms with Crippen LogP contribution in [0.4, 0.5) is 5.82 Å². The minimum Gasteiger partial charge on any atom is -0.497 e. The first-order chi connectivity index (χ1) is 16.1. The van der Waals surface area contributed by atoms with Gasteiger partial charge in [-0.2, -0.15) is 0 Å². The molecule has 0 saturated carbocycles. The first kappa shape index (κ1) is 22.6. The zero-order valence-corrected chi connectivity index (χ0v) is 19.2. The highest BCUT2D eigenvalue weighted by atomic mass is 16.5. The molecule has 1 amide bonds. The van der Waals surface area contributed by atoms with Crippen molar-refractivity contribution in [2.75, 3.05) is 38.3 Å². The third-order valence-electron chi connectivity index (χ3n) is 5.84. The molecule has 0 aliphatic carbocycles. The number of nitrogens with zero attached hydrogens (tertiary/aromatic N) is 3. The number of methoxy groups -OCH3 is 1. The van der Waals surface area contributed by atoms with Gasteiger partial charge >= 0.3 is 0 Å². The topological polar surface area (TPSA) is 76.6 Å². The first-order valence-electron chi connectivity index (χ1n) is 11.3. The van der Waals surface area contributed by atoms with E-state index in [0.29, 0.717) is 19.7 Å². The number of hydrogen-bond donors (Lipinski definition) is 1. The lowest BCUT2D eigenvalue weighted by atomic mass is 9.97. The third kappa shape index (κ3) is 6.00. The lowest BCUT2D eigenvalue weighted by molar-refractivity contribution is -0.125. The molecule has 1 fully saturated rings. The summed E-state index contributed by atoms with van der Waals surface area (Å²) in [5.74, 6) is 2.42. The Hall–Kier alpha value is -3.61. The molecule has 4 rings (SSSR count). The molecule has 1 aliphatic heterocycles. The van der Waals surface area contributed by atoms with Gasteiger partial charge in [-0.25, -0.2) is 0 Å². The minimum absolute atomic E-state index is 0.0648. The second-order valence-electron chi connectivity index (χ2n) is 8.24. The molecular formula is C26H30N4O3. The lowest BCUT2D eigenvalue weighted by Crippen LogP contribution is -2.44. The predicted octanol–water partition coefficient (Wildman–Crippen LogP) is 3.87. The molecule has 1 aliphatic rings. The highest BCUT2D eigenvalue weighted by Crippen LogP contribution is 2.24. The van der Waals surface area contributed by atoms with Crippen LogP contribution in [0, 0.1) is 12.8 Å². The van der Waals surface area contributed by atoms with E-state index in [1.54, 1.807) is 7.11 Å². The van der Waals surface area contributed by atoms with Crippen LogP contribution in [0.15, 0.2) is 60.7 Å². The number of aromatic nitrogens is 2. The van der Waals surface area contributed by atoms with Crippen molar-refractivity contribution in [2.24, 2.45) is 5.92 Å². The smallest absolute Gasteiger partial charge is 0.225 e. The van der Waals surface area contributed by atoms with E-state index in [1.165, 1.54) is 5.56 Å². The molecule has 172 valence electrons. The Morgan fingerprint density at radius 2 is 1.79 bits per heavy atom. The van der Waals surface area contributed by atoms with E-state index >= 15 is 0 Å². The second kappa shape index (κ2) is 10.8. The normalized spacial score (nSPS) is 15.7. The summed E-state index contributed by atoms with van der Waals surface area (Å²) in [6.07, 6.45) is 1.82. The summed E-state index contributed by atoms with van der Waals surface area (Å²) in [5.41, 5.74) is 2.98. The fourth-order valence-corrected chi connectivity index (χ4v) is 3.93. The number of benzene rings is 2. The molecule has 1 atom stereocenters. The Morgan fingerprint density at radius 3 is 2.48 bits per heavy atom. The number of hydrogen-bond acceptors (Lipinski definition) is 6. The summed E-state index contributed by atoms with van der Waals surface area (Å²) in [6, 6.07) is 19.6. The van der Waals surface area contributed by atoms with Crippen LogP contribution < -0.4 is 19.7 Å². The van der Waals surface area contributed by atoms with Gasteiger partial charge in [0.05, 0.1) is 25.3 Å². The van der Waals surface area contributed by atoms with Crippen molar-refractivity contribution in [3.63, 3.8) is 0 Å². The predicted molar refractivity (Wildman–Crippen MR) is 129 cm³/mol. The largest absolute Gasteiger partial charge is 0.497 e. The van der Waals surface area contributed by atoms with Gasteiger partial charge in [0.1, 0.15) is 18.1 Å². The number of aryl methyl sites for hydroxylation is 1. The van der Waals surface area contributed by atoms with Gasteiger partial charge in [-0.05, 0) is 68.3 Å².